The molecule has 1 N–H and O–H groups in total. The van der Waals surface area contributed by atoms with Gasteiger partial charge in [0.15, 0.2) is 0 Å². The van der Waals surface area contributed by atoms with Crippen molar-refractivity contribution >= 4 is 58.0 Å². The zero-order valence-corrected chi connectivity index (χ0v) is 29.6. The lowest BCUT2D eigenvalue weighted by molar-refractivity contribution is -0.146. The fourth-order valence-corrected chi connectivity index (χ4v) is 8.35. The second kappa shape index (κ2) is 13.9. The molecule has 10 nitrogen and oxygen atoms in total. The first-order valence-corrected chi connectivity index (χ1v) is 21.2. The van der Waals surface area contributed by atoms with Crippen LogP contribution >= 0.6 is 11.3 Å². The molecule has 2 amide bonds. The summed E-state index contributed by atoms with van der Waals surface area (Å²) >= 11 is 1.76. The highest BCUT2D eigenvalue weighted by molar-refractivity contribution is 7.18. The molecule has 0 radical (unpaired) electrons. The van der Waals surface area contributed by atoms with E-state index in [1.54, 1.807) is 39.5 Å². The van der Waals surface area contributed by atoms with Gasteiger partial charge in [-0.25, -0.2) is 9.67 Å². The van der Waals surface area contributed by atoms with Crippen molar-refractivity contribution in [3.63, 3.8) is 0 Å². The summed E-state index contributed by atoms with van der Waals surface area (Å²) in [6.07, 6.45) is 9.34. The van der Waals surface area contributed by atoms with Crippen molar-refractivity contribution in [3.8, 4) is 0 Å². The number of aromatic nitrogens is 4. The number of piperidine rings is 1. The Hall–Kier alpha value is -3.19. The van der Waals surface area contributed by atoms with E-state index in [0.29, 0.717) is 36.2 Å². The molecule has 0 saturated carbocycles. The van der Waals surface area contributed by atoms with Gasteiger partial charge in [0.1, 0.15) is 6.73 Å². The van der Waals surface area contributed by atoms with Gasteiger partial charge in [-0.2, -0.15) is 5.10 Å². The predicted molar refractivity (Wildman–Crippen MR) is 187 cm³/mol. The molecule has 2 fully saturated rings. The van der Waals surface area contributed by atoms with Gasteiger partial charge in [-0.05, 0) is 68.4 Å². The molecule has 2 saturated heterocycles. The summed E-state index contributed by atoms with van der Waals surface area (Å²) in [5.74, 6) is -0.532. The van der Waals surface area contributed by atoms with Gasteiger partial charge in [-0.1, -0.05) is 39.6 Å². The maximum Gasteiger partial charge on any atom is 0.314 e. The first-order chi connectivity index (χ1) is 22.1. The Kier molecular flexibility index (Phi) is 9.88. The number of benzene rings is 1. The molecule has 0 spiro atoms. The summed E-state index contributed by atoms with van der Waals surface area (Å²) in [4.78, 5) is 41.0. The van der Waals surface area contributed by atoms with Crippen LogP contribution in [0.15, 0.2) is 36.8 Å². The molecule has 2 aliphatic rings. The average Bonchev–Trinajstić information content (AvgIpc) is 3.78. The number of carbonyl (C=O) groups is 2. The Labute approximate surface area is 276 Å². The van der Waals surface area contributed by atoms with Gasteiger partial charge in [0.05, 0.1) is 44.9 Å². The Balaban J connectivity index is 1.18. The summed E-state index contributed by atoms with van der Waals surface area (Å²) in [6.45, 7) is 16.2. The number of carbonyl (C=O) groups excluding carboxylic acids is 2. The number of likely N-dealkylation sites (tertiary alicyclic amines) is 2. The SMILES string of the molecule is CC(CN1CCCC1)c1nc2cc([C@H]3CC[C@H](C)CN3C(=O)C(=O)Nc3cncc4cnn(COCC[Si](C)(C)C)c34)ccc2s1. The van der Waals surface area contributed by atoms with E-state index in [4.69, 9.17) is 9.72 Å². The molecule has 46 heavy (non-hydrogen) atoms. The normalized spacial score (nSPS) is 20.1. The van der Waals surface area contributed by atoms with Crippen LogP contribution in [0.4, 0.5) is 5.69 Å². The monoisotopic (exact) mass is 661 g/mol. The van der Waals surface area contributed by atoms with E-state index in [1.807, 2.05) is 0 Å². The number of amides is 2. The molecule has 2 aliphatic heterocycles. The number of nitrogens with zero attached hydrogens (tertiary/aromatic N) is 6. The number of hydrogen-bond donors (Lipinski definition) is 1. The van der Waals surface area contributed by atoms with Crippen molar-refractivity contribution < 1.29 is 14.3 Å². The van der Waals surface area contributed by atoms with Crippen LogP contribution in [0.2, 0.25) is 25.7 Å². The Morgan fingerprint density at radius 1 is 1.13 bits per heavy atom. The van der Waals surface area contributed by atoms with Crippen LogP contribution in [0.5, 0.6) is 0 Å². The summed E-state index contributed by atoms with van der Waals surface area (Å²) in [5.41, 5.74) is 3.14. The second-order valence-electron chi connectivity index (χ2n) is 14.4. The Morgan fingerprint density at radius 2 is 1.93 bits per heavy atom. The van der Waals surface area contributed by atoms with Gasteiger partial charge in [0.25, 0.3) is 0 Å². The number of pyridine rings is 1. The molecule has 6 rings (SSSR count). The van der Waals surface area contributed by atoms with Crippen molar-refractivity contribution in [3.05, 3.63) is 47.4 Å². The smallest absolute Gasteiger partial charge is 0.314 e. The van der Waals surface area contributed by atoms with E-state index in [-0.39, 0.29) is 12.8 Å². The van der Waals surface area contributed by atoms with Crippen LogP contribution in [-0.4, -0.2) is 82.2 Å². The number of ether oxygens (including phenoxy) is 1. The Morgan fingerprint density at radius 3 is 2.72 bits per heavy atom. The number of hydrogen-bond acceptors (Lipinski definition) is 8. The van der Waals surface area contributed by atoms with Gasteiger partial charge >= 0.3 is 11.8 Å². The van der Waals surface area contributed by atoms with Crippen molar-refractivity contribution in [1.82, 2.24) is 29.5 Å². The number of anilines is 1. The van der Waals surface area contributed by atoms with E-state index in [9.17, 15) is 9.59 Å². The quantitative estimate of drug-likeness (QED) is 0.118. The predicted octanol–water partition coefficient (Wildman–Crippen LogP) is 6.49. The highest BCUT2D eigenvalue weighted by Gasteiger charge is 2.35. The molecule has 4 aromatic rings. The van der Waals surface area contributed by atoms with Crippen LogP contribution in [0.25, 0.3) is 21.1 Å². The first-order valence-electron chi connectivity index (χ1n) is 16.7. The topological polar surface area (TPSA) is 105 Å². The van der Waals surface area contributed by atoms with Crippen molar-refractivity contribution in [2.75, 3.05) is 38.1 Å². The van der Waals surface area contributed by atoms with Gasteiger partial charge in [-0.15, -0.1) is 11.3 Å². The summed E-state index contributed by atoms with van der Waals surface area (Å²) < 4.78 is 8.81. The molecule has 1 aromatic carbocycles. The highest BCUT2D eigenvalue weighted by atomic mass is 32.1. The van der Waals surface area contributed by atoms with Gasteiger partial charge in [0, 0.05) is 45.3 Å². The molecule has 3 aromatic heterocycles. The van der Waals surface area contributed by atoms with Crippen LogP contribution in [-0.2, 0) is 21.1 Å². The third-order valence-corrected chi connectivity index (χ3v) is 12.2. The fourth-order valence-electron chi connectivity index (χ4n) is 6.60. The zero-order chi connectivity index (χ0) is 32.4. The third-order valence-electron chi connectivity index (χ3n) is 9.24. The van der Waals surface area contributed by atoms with Gasteiger partial charge in [0.2, 0.25) is 0 Å². The third kappa shape index (κ3) is 7.51. The van der Waals surface area contributed by atoms with Crippen LogP contribution < -0.4 is 5.32 Å². The second-order valence-corrected chi connectivity index (χ2v) is 21.1. The Bertz CT molecular complexity index is 1690. The average molecular weight is 662 g/mol. The lowest BCUT2D eigenvalue weighted by atomic mass is 9.89. The molecular formula is C34H47N7O3SSi. The fraction of sp³-hybridized carbons (Fsp3) is 0.559. The van der Waals surface area contributed by atoms with Crippen molar-refractivity contribution in [2.45, 2.75) is 83.9 Å². The number of rotatable bonds is 10. The lowest BCUT2D eigenvalue weighted by Crippen LogP contribution is -2.46. The van der Waals surface area contributed by atoms with Crippen molar-refractivity contribution in [1.29, 1.82) is 0 Å². The molecule has 3 atom stereocenters. The summed E-state index contributed by atoms with van der Waals surface area (Å²) in [6, 6.07) is 7.23. The number of fused-ring (bicyclic) bond motifs is 2. The summed E-state index contributed by atoms with van der Waals surface area (Å²) in [5, 5.41) is 9.27. The lowest BCUT2D eigenvalue weighted by Gasteiger charge is -2.38. The number of thiazole rings is 1. The minimum Gasteiger partial charge on any atom is -0.360 e. The van der Waals surface area contributed by atoms with Crippen LogP contribution in [0, 0.1) is 5.92 Å². The maximum absolute atomic E-state index is 13.8. The molecule has 246 valence electrons. The maximum atomic E-state index is 13.8. The first kappa shape index (κ1) is 32.7. The van der Waals surface area contributed by atoms with E-state index in [1.165, 1.54) is 25.9 Å². The molecule has 0 aliphatic carbocycles. The number of nitrogens with one attached hydrogen (secondary N) is 1. The molecule has 5 heterocycles. The van der Waals surface area contributed by atoms with Crippen molar-refractivity contribution in [2.24, 2.45) is 5.92 Å². The van der Waals surface area contributed by atoms with E-state index in [0.717, 1.165) is 51.6 Å². The molecular weight excluding hydrogens is 615 g/mol. The molecule has 12 heteroatoms. The van der Waals surface area contributed by atoms with E-state index >= 15 is 0 Å². The van der Waals surface area contributed by atoms with Gasteiger partial charge < -0.3 is 19.9 Å². The van der Waals surface area contributed by atoms with Crippen LogP contribution in [0.1, 0.15) is 62.1 Å². The molecule has 1 unspecified atom stereocenters. The largest absolute Gasteiger partial charge is 0.360 e. The van der Waals surface area contributed by atoms with Gasteiger partial charge in [-0.3, -0.25) is 14.6 Å². The van der Waals surface area contributed by atoms with E-state index in [2.05, 4.69) is 72.0 Å². The summed E-state index contributed by atoms with van der Waals surface area (Å²) in [7, 11) is -1.22. The minimum absolute atomic E-state index is 0.190. The van der Waals surface area contributed by atoms with E-state index < -0.39 is 19.9 Å². The minimum atomic E-state index is -1.22. The standard InChI is InChI=1S/C34H47N7O3SSi/c1-23-8-10-29(25-9-11-30-27(16-25)38-33(45-30)24(2)21-39-12-6-7-13-39)40(20-23)34(43)32(42)37-28-19-35-17-26-18-36-41(31(26)28)22-44-14-15-46(3,4)5/h9,11,16-19,23-24,29H,6-8,10,12-15,20-22H2,1-5H3,(H,37,42)/t23-,24?,29+/m0/s1. The van der Waals surface area contributed by atoms with Crippen LogP contribution in [0.3, 0.4) is 0 Å². The molecule has 0 bridgehead atoms. The zero-order valence-electron chi connectivity index (χ0n) is 27.8. The highest BCUT2D eigenvalue weighted by Crippen LogP contribution is 2.37.